The van der Waals surface area contributed by atoms with Crippen molar-refractivity contribution in [2.45, 2.75) is 26.3 Å². The van der Waals surface area contributed by atoms with E-state index in [1.54, 1.807) is 6.92 Å². The van der Waals surface area contributed by atoms with Gasteiger partial charge in [0.25, 0.3) is 0 Å². The molecule has 0 bridgehead atoms. The van der Waals surface area contributed by atoms with E-state index in [2.05, 4.69) is 12.2 Å². The van der Waals surface area contributed by atoms with Crippen molar-refractivity contribution in [3.05, 3.63) is 0 Å². The molecule has 1 rings (SSSR count). The van der Waals surface area contributed by atoms with Crippen LogP contribution in [0.25, 0.3) is 0 Å². The molecule has 0 amide bonds. The van der Waals surface area contributed by atoms with Crippen LogP contribution in [0.4, 0.5) is 0 Å². The zero-order chi connectivity index (χ0) is 9.84. The number of Topliss-reactive ketones (excluding diaryl/α,β-unsaturated/α-hetero) is 1. The van der Waals surface area contributed by atoms with Gasteiger partial charge in [-0.15, -0.1) is 0 Å². The van der Waals surface area contributed by atoms with E-state index < -0.39 is 0 Å². The summed E-state index contributed by atoms with van der Waals surface area (Å²) in [5.74, 6) is 1.11. The van der Waals surface area contributed by atoms with E-state index in [0.717, 1.165) is 19.6 Å². The van der Waals surface area contributed by atoms with Gasteiger partial charge in [0.05, 0.1) is 13.2 Å². The van der Waals surface area contributed by atoms with Crippen LogP contribution in [0.1, 0.15) is 20.3 Å². The van der Waals surface area contributed by atoms with Gasteiger partial charge in [-0.1, -0.05) is 0 Å². The van der Waals surface area contributed by atoms with Gasteiger partial charge in [-0.05, 0) is 33.2 Å². The molecule has 3 heteroatoms. The second-order valence-corrected chi connectivity index (χ2v) is 3.94. The van der Waals surface area contributed by atoms with Crippen molar-refractivity contribution in [1.82, 2.24) is 5.32 Å². The van der Waals surface area contributed by atoms with E-state index in [1.807, 2.05) is 7.05 Å². The SMILES string of the molecule is CN[C@@H](C)COC[C@H]1CC1C(C)=O. The quantitative estimate of drug-likeness (QED) is 0.666. The molecular weight excluding hydrogens is 166 g/mol. The Kier molecular flexibility index (Phi) is 3.88. The lowest BCUT2D eigenvalue weighted by Crippen LogP contribution is -2.27. The van der Waals surface area contributed by atoms with Crippen LogP contribution in [0, 0.1) is 11.8 Å². The first-order chi connectivity index (χ1) is 6.15. The molecule has 1 saturated carbocycles. The van der Waals surface area contributed by atoms with Gasteiger partial charge >= 0.3 is 0 Å². The highest BCUT2D eigenvalue weighted by atomic mass is 16.5. The largest absolute Gasteiger partial charge is 0.380 e. The minimum absolute atomic E-state index is 0.296. The van der Waals surface area contributed by atoms with Crippen molar-refractivity contribution >= 4 is 5.78 Å². The molecule has 0 aromatic heterocycles. The monoisotopic (exact) mass is 185 g/mol. The van der Waals surface area contributed by atoms with E-state index in [-0.39, 0.29) is 0 Å². The Hall–Kier alpha value is -0.410. The van der Waals surface area contributed by atoms with Gasteiger partial charge in [0.1, 0.15) is 5.78 Å². The molecule has 1 aliphatic rings. The maximum Gasteiger partial charge on any atom is 0.133 e. The molecule has 0 aromatic rings. The second-order valence-electron chi connectivity index (χ2n) is 3.94. The first kappa shape index (κ1) is 10.7. The fraction of sp³-hybridized carbons (Fsp3) is 0.900. The summed E-state index contributed by atoms with van der Waals surface area (Å²) in [5, 5.41) is 3.10. The fourth-order valence-corrected chi connectivity index (χ4v) is 1.41. The van der Waals surface area contributed by atoms with Crippen LogP contribution in [0.5, 0.6) is 0 Å². The van der Waals surface area contributed by atoms with Gasteiger partial charge in [0.15, 0.2) is 0 Å². The van der Waals surface area contributed by atoms with Crippen LogP contribution >= 0.6 is 0 Å². The lowest BCUT2D eigenvalue weighted by molar-refractivity contribution is -0.118. The maximum absolute atomic E-state index is 10.9. The van der Waals surface area contributed by atoms with E-state index in [9.17, 15) is 4.79 Å². The third kappa shape index (κ3) is 3.44. The summed E-state index contributed by atoms with van der Waals surface area (Å²) in [4.78, 5) is 10.9. The molecule has 1 aliphatic carbocycles. The van der Waals surface area contributed by atoms with E-state index in [0.29, 0.717) is 23.7 Å². The number of hydrogen-bond acceptors (Lipinski definition) is 3. The molecule has 0 radical (unpaired) electrons. The topological polar surface area (TPSA) is 38.3 Å². The summed E-state index contributed by atoms with van der Waals surface area (Å²) in [6.45, 7) is 5.23. The highest BCUT2D eigenvalue weighted by Gasteiger charge is 2.40. The molecule has 0 heterocycles. The van der Waals surface area contributed by atoms with Crippen molar-refractivity contribution in [3.8, 4) is 0 Å². The van der Waals surface area contributed by atoms with Crippen LogP contribution in [0.15, 0.2) is 0 Å². The highest BCUT2D eigenvalue weighted by Crippen LogP contribution is 2.39. The molecule has 1 N–H and O–H groups in total. The third-order valence-electron chi connectivity index (χ3n) is 2.64. The van der Waals surface area contributed by atoms with Crippen molar-refractivity contribution in [1.29, 1.82) is 0 Å². The first-order valence-electron chi connectivity index (χ1n) is 4.90. The predicted octanol–water partition coefficient (Wildman–Crippen LogP) is 0.836. The smallest absolute Gasteiger partial charge is 0.133 e. The Morgan fingerprint density at radius 3 is 2.85 bits per heavy atom. The predicted molar refractivity (Wildman–Crippen MR) is 51.6 cm³/mol. The zero-order valence-electron chi connectivity index (χ0n) is 8.67. The first-order valence-corrected chi connectivity index (χ1v) is 4.90. The number of carbonyl (C=O) groups excluding carboxylic acids is 1. The Bertz CT molecular complexity index is 182. The summed E-state index contributed by atoms with van der Waals surface area (Å²) < 4.78 is 5.48. The van der Waals surface area contributed by atoms with Gasteiger partial charge < -0.3 is 10.1 Å². The maximum atomic E-state index is 10.9. The molecule has 76 valence electrons. The van der Waals surface area contributed by atoms with Gasteiger partial charge in [-0.25, -0.2) is 0 Å². The molecule has 1 fully saturated rings. The van der Waals surface area contributed by atoms with Crippen LogP contribution < -0.4 is 5.32 Å². The molecule has 0 saturated heterocycles. The molecule has 0 aromatic carbocycles. The molecule has 13 heavy (non-hydrogen) atoms. The normalized spacial score (nSPS) is 28.5. The molecule has 0 spiro atoms. The van der Waals surface area contributed by atoms with Gasteiger partial charge in [0.2, 0.25) is 0 Å². The number of carbonyl (C=O) groups is 1. The van der Waals surface area contributed by atoms with Crippen LogP contribution in [-0.2, 0) is 9.53 Å². The number of likely N-dealkylation sites (N-methyl/N-ethyl adjacent to an activating group) is 1. The fourth-order valence-electron chi connectivity index (χ4n) is 1.41. The molecule has 3 nitrogen and oxygen atoms in total. The lowest BCUT2D eigenvalue weighted by Gasteiger charge is -2.09. The number of ether oxygens (including phenoxy) is 1. The Morgan fingerprint density at radius 2 is 2.38 bits per heavy atom. The van der Waals surface area contributed by atoms with Gasteiger partial charge in [0, 0.05) is 12.0 Å². The summed E-state index contributed by atoms with van der Waals surface area (Å²) in [6.07, 6.45) is 1.03. The van der Waals surface area contributed by atoms with Crippen LogP contribution in [-0.4, -0.2) is 32.1 Å². The minimum Gasteiger partial charge on any atom is -0.380 e. The van der Waals surface area contributed by atoms with Gasteiger partial charge in [-0.2, -0.15) is 0 Å². The third-order valence-corrected chi connectivity index (χ3v) is 2.64. The summed E-state index contributed by atoms with van der Waals surface area (Å²) in [6, 6.07) is 0.398. The summed E-state index contributed by atoms with van der Waals surface area (Å²) in [5.41, 5.74) is 0. The number of ketones is 1. The number of hydrogen-bond donors (Lipinski definition) is 1. The highest BCUT2D eigenvalue weighted by molar-refractivity contribution is 5.81. The van der Waals surface area contributed by atoms with Crippen LogP contribution in [0.2, 0.25) is 0 Å². The Morgan fingerprint density at radius 1 is 1.69 bits per heavy atom. The van der Waals surface area contributed by atoms with Crippen molar-refractivity contribution in [2.24, 2.45) is 11.8 Å². The van der Waals surface area contributed by atoms with Crippen molar-refractivity contribution in [2.75, 3.05) is 20.3 Å². The average molecular weight is 185 g/mol. The van der Waals surface area contributed by atoms with E-state index >= 15 is 0 Å². The van der Waals surface area contributed by atoms with Crippen molar-refractivity contribution in [3.63, 3.8) is 0 Å². The summed E-state index contributed by atoms with van der Waals surface area (Å²) >= 11 is 0. The Balaban J connectivity index is 2.00. The van der Waals surface area contributed by atoms with Crippen LogP contribution in [0.3, 0.4) is 0 Å². The zero-order valence-corrected chi connectivity index (χ0v) is 8.67. The Labute approximate surface area is 79.8 Å². The van der Waals surface area contributed by atoms with E-state index in [1.165, 1.54) is 0 Å². The van der Waals surface area contributed by atoms with Crippen molar-refractivity contribution < 1.29 is 9.53 Å². The standard InChI is InChI=1S/C10H19NO2/c1-7(11-3)5-13-6-9-4-10(9)8(2)12/h7,9-11H,4-6H2,1-3H3/t7-,9+,10?/m0/s1. The van der Waals surface area contributed by atoms with E-state index in [4.69, 9.17) is 4.74 Å². The number of nitrogens with one attached hydrogen (secondary N) is 1. The minimum atomic E-state index is 0.296. The molecule has 1 unspecified atom stereocenters. The average Bonchev–Trinajstić information content (AvgIpc) is 2.83. The summed E-state index contributed by atoms with van der Waals surface area (Å²) in [7, 11) is 1.92. The lowest BCUT2D eigenvalue weighted by atomic mass is 10.2. The number of rotatable bonds is 6. The van der Waals surface area contributed by atoms with Gasteiger partial charge in [-0.3, -0.25) is 4.79 Å². The molecule has 3 atom stereocenters. The molecule has 0 aliphatic heterocycles. The molecular formula is C10H19NO2. The second kappa shape index (κ2) is 4.72.